The second-order valence-electron chi connectivity index (χ2n) is 4.72. The number of hydrogen-bond donors (Lipinski definition) is 1. The molecule has 0 aliphatic heterocycles. The van der Waals surface area contributed by atoms with Gasteiger partial charge in [0.15, 0.2) is 11.6 Å². The van der Waals surface area contributed by atoms with Crippen molar-refractivity contribution in [1.82, 2.24) is 0 Å². The van der Waals surface area contributed by atoms with Crippen molar-refractivity contribution in [2.75, 3.05) is 25.6 Å². The van der Waals surface area contributed by atoms with Gasteiger partial charge in [-0.3, -0.25) is 4.79 Å². The number of nitrogens with two attached hydrogens (primary N) is 1. The van der Waals surface area contributed by atoms with Crippen LogP contribution in [0.4, 0.5) is 10.1 Å². The van der Waals surface area contributed by atoms with Gasteiger partial charge in [-0.25, -0.2) is 4.39 Å². The molecule has 0 fully saturated rings. The van der Waals surface area contributed by atoms with Crippen LogP contribution in [0, 0.1) is 5.82 Å². The molecule has 1 amide bonds. The van der Waals surface area contributed by atoms with Crippen molar-refractivity contribution in [2.24, 2.45) is 5.73 Å². The lowest BCUT2D eigenvalue weighted by molar-refractivity contribution is -0.118. The molecule has 1 rings (SSSR count). The van der Waals surface area contributed by atoms with Crippen molar-refractivity contribution in [3.05, 3.63) is 24.0 Å². The molecule has 0 heterocycles. The second-order valence-corrected chi connectivity index (χ2v) is 4.72. The highest BCUT2D eigenvalue weighted by atomic mass is 35.5. The summed E-state index contributed by atoms with van der Waals surface area (Å²) < 4.78 is 18.4. The van der Waals surface area contributed by atoms with Crippen LogP contribution < -0.4 is 15.4 Å². The summed E-state index contributed by atoms with van der Waals surface area (Å²) in [6.07, 6.45) is 4.34. The first-order valence-electron chi connectivity index (χ1n) is 6.90. The van der Waals surface area contributed by atoms with Gasteiger partial charge >= 0.3 is 0 Å². The number of rotatable bonds is 8. The molecule has 0 spiro atoms. The summed E-state index contributed by atoms with van der Waals surface area (Å²) in [5.74, 6) is -0.300. The molecule has 1 aromatic rings. The van der Waals surface area contributed by atoms with Gasteiger partial charge in [0.1, 0.15) is 0 Å². The fourth-order valence-corrected chi connectivity index (χ4v) is 1.95. The number of methoxy groups -OCH3 is 1. The molecule has 0 unspecified atom stereocenters. The van der Waals surface area contributed by atoms with Gasteiger partial charge in [-0.1, -0.05) is 12.8 Å². The van der Waals surface area contributed by atoms with Gasteiger partial charge in [0.25, 0.3) is 0 Å². The van der Waals surface area contributed by atoms with E-state index >= 15 is 0 Å². The summed E-state index contributed by atoms with van der Waals surface area (Å²) in [5.41, 5.74) is 5.95. The summed E-state index contributed by atoms with van der Waals surface area (Å²) in [5, 5.41) is 0. The molecule has 0 bridgehead atoms. The largest absolute Gasteiger partial charge is 0.494 e. The number of halogens is 2. The van der Waals surface area contributed by atoms with E-state index < -0.39 is 5.82 Å². The summed E-state index contributed by atoms with van der Waals surface area (Å²) in [4.78, 5) is 13.5. The number of ether oxygens (including phenoxy) is 1. The molecular formula is C15H24ClFN2O2. The highest BCUT2D eigenvalue weighted by molar-refractivity contribution is 5.92. The Bertz CT molecular complexity index is 444. The average molecular weight is 319 g/mol. The maximum absolute atomic E-state index is 13.6. The van der Waals surface area contributed by atoms with Crippen molar-refractivity contribution >= 4 is 24.0 Å². The SMILES string of the molecule is COc1ccc(N(C)C(=O)CCCCCCN)cc1F.Cl. The molecule has 1 aromatic carbocycles. The smallest absolute Gasteiger partial charge is 0.226 e. The van der Waals surface area contributed by atoms with Gasteiger partial charge in [-0.2, -0.15) is 0 Å². The van der Waals surface area contributed by atoms with Crippen LogP contribution in [0.3, 0.4) is 0 Å². The molecule has 6 heteroatoms. The average Bonchev–Trinajstić information content (AvgIpc) is 2.46. The Kier molecular flexibility index (Phi) is 9.75. The van der Waals surface area contributed by atoms with Crippen LogP contribution in [0.15, 0.2) is 18.2 Å². The lowest BCUT2D eigenvalue weighted by Gasteiger charge is -2.18. The molecule has 0 radical (unpaired) electrons. The Morgan fingerprint density at radius 2 is 1.95 bits per heavy atom. The van der Waals surface area contributed by atoms with Gasteiger partial charge in [-0.05, 0) is 31.5 Å². The monoisotopic (exact) mass is 318 g/mol. The van der Waals surface area contributed by atoms with E-state index in [-0.39, 0.29) is 24.1 Å². The summed E-state index contributed by atoms with van der Waals surface area (Å²) in [6, 6.07) is 4.51. The maximum atomic E-state index is 13.6. The molecule has 0 atom stereocenters. The third-order valence-corrected chi connectivity index (χ3v) is 3.24. The minimum absolute atomic E-state index is 0. The molecule has 120 valence electrons. The fourth-order valence-electron chi connectivity index (χ4n) is 1.95. The lowest BCUT2D eigenvalue weighted by Crippen LogP contribution is -2.25. The second kappa shape index (κ2) is 10.4. The molecular weight excluding hydrogens is 295 g/mol. The zero-order chi connectivity index (χ0) is 15.0. The summed E-state index contributed by atoms with van der Waals surface area (Å²) >= 11 is 0. The number of benzene rings is 1. The molecule has 4 nitrogen and oxygen atoms in total. The van der Waals surface area contributed by atoms with E-state index in [9.17, 15) is 9.18 Å². The Morgan fingerprint density at radius 3 is 2.52 bits per heavy atom. The van der Waals surface area contributed by atoms with Gasteiger partial charge in [0.05, 0.1) is 7.11 Å². The Labute approximate surface area is 131 Å². The van der Waals surface area contributed by atoms with Crippen molar-refractivity contribution in [3.8, 4) is 5.75 Å². The van der Waals surface area contributed by atoms with Crippen molar-refractivity contribution in [1.29, 1.82) is 0 Å². The number of anilines is 1. The Hall–Kier alpha value is -1.33. The molecule has 21 heavy (non-hydrogen) atoms. The van der Waals surface area contributed by atoms with Crippen molar-refractivity contribution < 1.29 is 13.9 Å². The van der Waals surface area contributed by atoms with Crippen LogP contribution in [0.2, 0.25) is 0 Å². The molecule has 0 saturated carbocycles. The van der Waals surface area contributed by atoms with E-state index in [2.05, 4.69) is 0 Å². The minimum atomic E-state index is -0.465. The van der Waals surface area contributed by atoms with E-state index in [0.717, 1.165) is 25.7 Å². The van der Waals surface area contributed by atoms with Gasteiger partial charge in [0, 0.05) is 25.2 Å². The Morgan fingerprint density at radius 1 is 1.29 bits per heavy atom. The molecule has 0 aliphatic carbocycles. The van der Waals surface area contributed by atoms with Crippen LogP contribution in [-0.4, -0.2) is 26.6 Å². The topological polar surface area (TPSA) is 55.6 Å². The third kappa shape index (κ3) is 6.31. The zero-order valence-electron chi connectivity index (χ0n) is 12.6. The van der Waals surface area contributed by atoms with Crippen LogP contribution in [0.25, 0.3) is 0 Å². The number of carbonyl (C=O) groups excluding carboxylic acids is 1. The standard InChI is InChI=1S/C15H23FN2O2.ClH/c1-18(15(19)7-5-3-4-6-10-17)12-8-9-14(20-2)13(16)11-12;/h8-9,11H,3-7,10,17H2,1-2H3;1H. The lowest BCUT2D eigenvalue weighted by atomic mass is 10.1. The molecule has 0 saturated heterocycles. The van der Waals surface area contributed by atoms with Crippen molar-refractivity contribution in [2.45, 2.75) is 32.1 Å². The maximum Gasteiger partial charge on any atom is 0.226 e. The van der Waals surface area contributed by atoms with Gasteiger partial charge in [-0.15, -0.1) is 12.4 Å². The predicted octanol–water partition coefficient (Wildman–Crippen LogP) is 3.13. The molecule has 0 aromatic heterocycles. The van der Waals surface area contributed by atoms with Crippen molar-refractivity contribution in [3.63, 3.8) is 0 Å². The summed E-state index contributed by atoms with van der Waals surface area (Å²) in [6.45, 7) is 0.693. The van der Waals surface area contributed by atoms with Crippen LogP contribution in [0.1, 0.15) is 32.1 Å². The van der Waals surface area contributed by atoms with Crippen LogP contribution in [-0.2, 0) is 4.79 Å². The number of carbonyl (C=O) groups is 1. The molecule has 2 N–H and O–H groups in total. The highest BCUT2D eigenvalue weighted by Gasteiger charge is 2.12. The van der Waals surface area contributed by atoms with Gasteiger partial charge < -0.3 is 15.4 Å². The third-order valence-electron chi connectivity index (χ3n) is 3.24. The normalized spacial score (nSPS) is 9.90. The highest BCUT2D eigenvalue weighted by Crippen LogP contribution is 2.23. The quantitative estimate of drug-likeness (QED) is 0.749. The fraction of sp³-hybridized carbons (Fsp3) is 0.533. The first-order valence-corrected chi connectivity index (χ1v) is 6.90. The number of nitrogens with zero attached hydrogens (tertiary/aromatic N) is 1. The van der Waals surface area contributed by atoms with Gasteiger partial charge in [0.2, 0.25) is 5.91 Å². The van der Waals surface area contributed by atoms with E-state index in [4.69, 9.17) is 10.5 Å². The number of hydrogen-bond acceptors (Lipinski definition) is 3. The first kappa shape index (κ1) is 19.7. The van der Waals surface area contributed by atoms with Crippen LogP contribution in [0.5, 0.6) is 5.75 Å². The van der Waals surface area contributed by atoms with E-state index in [1.807, 2.05) is 0 Å². The summed E-state index contributed by atoms with van der Waals surface area (Å²) in [7, 11) is 3.07. The molecule has 0 aliphatic rings. The number of unbranched alkanes of at least 4 members (excludes halogenated alkanes) is 3. The Balaban J connectivity index is 0.00000400. The zero-order valence-corrected chi connectivity index (χ0v) is 13.4. The predicted molar refractivity (Wildman–Crippen MR) is 85.7 cm³/mol. The minimum Gasteiger partial charge on any atom is -0.494 e. The first-order chi connectivity index (χ1) is 9.60. The van der Waals surface area contributed by atoms with E-state index in [1.54, 1.807) is 13.1 Å². The number of amides is 1. The van der Waals surface area contributed by atoms with E-state index in [0.29, 0.717) is 18.7 Å². The van der Waals surface area contributed by atoms with Crippen LogP contribution >= 0.6 is 12.4 Å². The van der Waals surface area contributed by atoms with E-state index in [1.165, 1.54) is 24.1 Å².